The van der Waals surface area contributed by atoms with E-state index >= 15 is 0 Å². The van der Waals surface area contributed by atoms with Crippen molar-refractivity contribution in [3.8, 4) is 11.5 Å². The van der Waals surface area contributed by atoms with Crippen LogP contribution in [0.4, 0.5) is 0 Å². The van der Waals surface area contributed by atoms with Gasteiger partial charge in [-0.1, -0.05) is 26.7 Å². The average Bonchev–Trinajstić information content (AvgIpc) is 2.35. The summed E-state index contributed by atoms with van der Waals surface area (Å²) in [5, 5.41) is 20.2. The highest BCUT2D eigenvalue weighted by Gasteiger charge is 2.22. The van der Waals surface area contributed by atoms with Gasteiger partial charge >= 0.3 is 5.97 Å². The van der Waals surface area contributed by atoms with Crippen LogP contribution in [0.5, 0.6) is 11.5 Å². The lowest BCUT2D eigenvalue weighted by molar-refractivity contribution is 0.0521. The largest absolute Gasteiger partial charge is 0.508 e. The highest BCUT2D eigenvalue weighted by molar-refractivity contribution is 5.95. The normalized spacial score (nSPS) is 10.5. The number of esters is 1. The van der Waals surface area contributed by atoms with E-state index in [9.17, 15) is 15.0 Å². The Morgan fingerprint density at radius 2 is 1.79 bits per heavy atom. The Morgan fingerprint density at radius 1 is 1.16 bits per heavy atom. The zero-order valence-corrected chi connectivity index (χ0v) is 11.8. The minimum Gasteiger partial charge on any atom is -0.508 e. The highest BCUT2D eigenvalue weighted by Crippen LogP contribution is 2.35. The lowest BCUT2D eigenvalue weighted by atomic mass is 9.96. The Hall–Kier alpha value is -1.71. The molecule has 0 saturated heterocycles. The third-order valence-corrected chi connectivity index (χ3v) is 2.96. The van der Waals surface area contributed by atoms with Gasteiger partial charge in [0.1, 0.15) is 17.1 Å². The molecule has 1 aromatic carbocycles. The number of hydrogen-bond donors (Lipinski definition) is 2. The molecule has 0 heterocycles. The maximum Gasteiger partial charge on any atom is 0.342 e. The van der Waals surface area contributed by atoms with E-state index in [0.29, 0.717) is 24.0 Å². The van der Waals surface area contributed by atoms with Gasteiger partial charge in [0.15, 0.2) is 0 Å². The van der Waals surface area contributed by atoms with Gasteiger partial charge in [-0.25, -0.2) is 4.79 Å². The van der Waals surface area contributed by atoms with Crippen LogP contribution in [0.2, 0.25) is 0 Å². The molecule has 0 unspecified atom stereocenters. The fraction of sp³-hybridized carbons (Fsp3) is 0.533. The van der Waals surface area contributed by atoms with E-state index in [2.05, 4.69) is 0 Å². The molecule has 4 nitrogen and oxygen atoms in total. The first kappa shape index (κ1) is 15.3. The molecule has 0 spiro atoms. The fourth-order valence-corrected chi connectivity index (χ4v) is 2.14. The van der Waals surface area contributed by atoms with Crippen molar-refractivity contribution in [2.45, 2.75) is 46.5 Å². The summed E-state index contributed by atoms with van der Waals surface area (Å²) in [6.07, 6.45) is 2.73. The second-order valence-corrected chi connectivity index (χ2v) is 4.48. The van der Waals surface area contributed by atoms with Crippen molar-refractivity contribution in [1.82, 2.24) is 0 Å². The summed E-state index contributed by atoms with van der Waals surface area (Å²) >= 11 is 0. The zero-order chi connectivity index (χ0) is 14.4. The number of phenols is 2. The number of phenolic OH excluding ortho intramolecular Hbond substituents is 2. The summed E-state index contributed by atoms with van der Waals surface area (Å²) in [5.41, 5.74) is 1.26. The minimum absolute atomic E-state index is 0.0517. The maximum atomic E-state index is 12.0. The molecule has 19 heavy (non-hydrogen) atoms. The Balaban J connectivity index is 3.36. The van der Waals surface area contributed by atoms with Crippen LogP contribution in [0.1, 0.15) is 55.1 Å². The molecule has 0 bridgehead atoms. The first-order valence-corrected chi connectivity index (χ1v) is 6.80. The average molecular weight is 266 g/mol. The van der Waals surface area contributed by atoms with Crippen molar-refractivity contribution in [3.63, 3.8) is 0 Å². The van der Waals surface area contributed by atoms with Crippen LogP contribution in [0, 0.1) is 0 Å². The molecule has 4 heteroatoms. The van der Waals surface area contributed by atoms with Gasteiger partial charge in [-0.15, -0.1) is 0 Å². The van der Waals surface area contributed by atoms with Crippen molar-refractivity contribution < 1.29 is 19.7 Å². The predicted molar refractivity (Wildman–Crippen MR) is 73.7 cm³/mol. The van der Waals surface area contributed by atoms with Crippen LogP contribution in [0.25, 0.3) is 0 Å². The monoisotopic (exact) mass is 266 g/mol. The number of carbonyl (C=O) groups is 1. The first-order valence-electron chi connectivity index (χ1n) is 6.80. The van der Waals surface area contributed by atoms with E-state index < -0.39 is 5.97 Å². The van der Waals surface area contributed by atoms with Gasteiger partial charge < -0.3 is 14.9 Å². The van der Waals surface area contributed by atoms with Crippen molar-refractivity contribution in [2.24, 2.45) is 0 Å². The number of aryl methyl sites for hydroxylation is 1. The van der Waals surface area contributed by atoms with Crippen molar-refractivity contribution in [2.75, 3.05) is 6.61 Å². The van der Waals surface area contributed by atoms with E-state index in [4.69, 9.17) is 4.74 Å². The highest BCUT2D eigenvalue weighted by atomic mass is 16.5. The Kier molecular flexibility index (Phi) is 5.67. The molecule has 0 radical (unpaired) electrons. The molecule has 0 amide bonds. The van der Waals surface area contributed by atoms with E-state index in [-0.39, 0.29) is 23.7 Å². The van der Waals surface area contributed by atoms with Crippen molar-refractivity contribution in [3.05, 3.63) is 22.8 Å². The summed E-state index contributed by atoms with van der Waals surface area (Å²) in [4.78, 5) is 12.0. The number of rotatable bonds is 6. The number of aromatic hydroxyl groups is 2. The zero-order valence-electron chi connectivity index (χ0n) is 11.8. The molecule has 0 atom stereocenters. The molecule has 0 aliphatic rings. The van der Waals surface area contributed by atoms with E-state index in [1.165, 1.54) is 0 Å². The number of carbonyl (C=O) groups excluding carboxylic acids is 1. The molecular formula is C15H22O4. The molecular weight excluding hydrogens is 244 g/mol. The third kappa shape index (κ3) is 3.40. The molecule has 1 aromatic rings. The minimum atomic E-state index is -0.527. The van der Waals surface area contributed by atoms with Gasteiger partial charge in [-0.2, -0.15) is 0 Å². The standard InChI is InChI=1S/C15H22O4/c1-4-7-10-9-12(16)11(8-5-2)14(17)13(10)15(18)19-6-3/h9,16-17H,4-8H2,1-3H3. The molecule has 0 aliphatic carbocycles. The van der Waals surface area contributed by atoms with Crippen LogP contribution in [-0.4, -0.2) is 22.8 Å². The van der Waals surface area contributed by atoms with Gasteiger partial charge in [0.25, 0.3) is 0 Å². The van der Waals surface area contributed by atoms with E-state index in [1.807, 2.05) is 13.8 Å². The number of benzene rings is 1. The molecule has 1 rings (SSSR count). The van der Waals surface area contributed by atoms with Crippen LogP contribution in [0.3, 0.4) is 0 Å². The lowest BCUT2D eigenvalue weighted by Crippen LogP contribution is -2.10. The molecule has 0 fully saturated rings. The van der Waals surface area contributed by atoms with Gasteiger partial charge in [-0.05, 0) is 31.4 Å². The van der Waals surface area contributed by atoms with Crippen molar-refractivity contribution >= 4 is 5.97 Å². The molecule has 0 aliphatic heterocycles. The molecule has 0 saturated carbocycles. The van der Waals surface area contributed by atoms with E-state index in [1.54, 1.807) is 13.0 Å². The number of hydrogen-bond acceptors (Lipinski definition) is 4. The van der Waals surface area contributed by atoms with E-state index in [0.717, 1.165) is 12.8 Å². The van der Waals surface area contributed by atoms with Gasteiger partial charge in [0, 0.05) is 5.56 Å². The van der Waals surface area contributed by atoms with Crippen LogP contribution >= 0.6 is 0 Å². The second kappa shape index (κ2) is 7.02. The Labute approximate surface area is 114 Å². The second-order valence-electron chi connectivity index (χ2n) is 4.48. The quantitative estimate of drug-likeness (QED) is 0.776. The molecule has 2 N–H and O–H groups in total. The summed E-state index contributed by atoms with van der Waals surface area (Å²) < 4.78 is 4.99. The summed E-state index contributed by atoms with van der Waals surface area (Å²) in [6.45, 7) is 5.90. The fourth-order valence-electron chi connectivity index (χ4n) is 2.14. The Morgan fingerprint density at radius 3 is 2.32 bits per heavy atom. The lowest BCUT2D eigenvalue weighted by Gasteiger charge is -2.15. The van der Waals surface area contributed by atoms with Crippen LogP contribution in [-0.2, 0) is 17.6 Å². The van der Waals surface area contributed by atoms with Gasteiger partial charge in [-0.3, -0.25) is 0 Å². The summed E-state index contributed by atoms with van der Waals surface area (Å²) in [7, 11) is 0. The van der Waals surface area contributed by atoms with Crippen molar-refractivity contribution in [1.29, 1.82) is 0 Å². The molecule has 0 aromatic heterocycles. The third-order valence-electron chi connectivity index (χ3n) is 2.96. The Bertz CT molecular complexity index is 452. The van der Waals surface area contributed by atoms with Crippen LogP contribution in [0.15, 0.2) is 6.07 Å². The summed E-state index contributed by atoms with van der Waals surface area (Å²) in [5.74, 6) is -0.611. The maximum absolute atomic E-state index is 12.0. The van der Waals surface area contributed by atoms with Gasteiger partial charge in [0.2, 0.25) is 0 Å². The SMILES string of the molecule is CCCc1cc(O)c(CCC)c(O)c1C(=O)OCC. The van der Waals surface area contributed by atoms with Crippen LogP contribution < -0.4 is 0 Å². The molecule has 106 valence electrons. The van der Waals surface area contributed by atoms with Gasteiger partial charge in [0.05, 0.1) is 6.61 Å². The topological polar surface area (TPSA) is 66.8 Å². The predicted octanol–water partition coefficient (Wildman–Crippen LogP) is 3.18. The summed E-state index contributed by atoms with van der Waals surface area (Å²) in [6, 6.07) is 1.57. The smallest absolute Gasteiger partial charge is 0.342 e. The first-order chi connectivity index (χ1) is 9.06. The number of ether oxygens (including phenoxy) is 1.